The molecule has 4 aromatic rings. The number of tetrazole rings is 1. The van der Waals surface area contributed by atoms with Gasteiger partial charge in [-0.25, -0.2) is 9.67 Å². The molecule has 0 unspecified atom stereocenters. The molecule has 0 N–H and O–H groups in total. The lowest BCUT2D eigenvalue weighted by molar-refractivity contribution is 0.0611. The van der Waals surface area contributed by atoms with Gasteiger partial charge in [-0.1, -0.05) is 12.1 Å². The highest BCUT2D eigenvalue weighted by Gasteiger charge is 2.31. The lowest BCUT2D eigenvalue weighted by Gasteiger charge is -2.34. The van der Waals surface area contributed by atoms with E-state index >= 15 is 0 Å². The minimum atomic E-state index is 0.0397. The van der Waals surface area contributed by atoms with Gasteiger partial charge in [0.1, 0.15) is 11.3 Å². The predicted molar refractivity (Wildman–Crippen MR) is 106 cm³/mol. The Morgan fingerprint density at radius 2 is 1.93 bits per heavy atom. The van der Waals surface area contributed by atoms with E-state index in [1.54, 1.807) is 16.0 Å². The molecular weight excluding hydrogens is 372 g/mol. The van der Waals surface area contributed by atoms with Crippen molar-refractivity contribution < 1.29 is 4.79 Å². The number of carbonyl (C=O) groups excluding carboxylic acids is 1. The highest BCUT2D eigenvalue weighted by Crippen LogP contribution is 2.36. The van der Waals surface area contributed by atoms with E-state index < -0.39 is 0 Å². The summed E-state index contributed by atoms with van der Waals surface area (Å²) in [5, 5.41) is 12.2. The average Bonchev–Trinajstić information content (AvgIpc) is 3.43. The Hall–Kier alpha value is -3.13. The molecule has 0 radical (unpaired) electrons. The monoisotopic (exact) mass is 390 g/mol. The maximum absolute atomic E-state index is 13.3. The lowest BCUT2D eigenvalue weighted by atomic mass is 10.0. The fourth-order valence-corrected chi connectivity index (χ4v) is 4.78. The Balaban J connectivity index is 1.43. The van der Waals surface area contributed by atoms with Gasteiger partial charge in [0.05, 0.1) is 21.9 Å². The highest BCUT2D eigenvalue weighted by atomic mass is 32.1. The van der Waals surface area contributed by atoms with Crippen molar-refractivity contribution in [1.82, 2.24) is 30.1 Å². The number of likely N-dealkylation sites (tertiary alicyclic amines) is 1. The number of nitrogens with zero attached hydrogens (tertiary/aromatic N) is 6. The van der Waals surface area contributed by atoms with E-state index in [-0.39, 0.29) is 11.9 Å². The van der Waals surface area contributed by atoms with Gasteiger partial charge in [-0.3, -0.25) is 4.79 Å². The molecule has 1 saturated heterocycles. The summed E-state index contributed by atoms with van der Waals surface area (Å²) in [6, 6.07) is 15.6. The molecular formula is C20H18N6OS. The zero-order valence-corrected chi connectivity index (χ0v) is 15.9. The third-order valence-corrected chi connectivity index (χ3v) is 6.22. The molecule has 2 aromatic carbocycles. The van der Waals surface area contributed by atoms with Crippen LogP contribution in [0.2, 0.25) is 0 Å². The van der Waals surface area contributed by atoms with Crippen LogP contribution in [0.25, 0.3) is 15.9 Å². The fraction of sp³-hybridized carbons (Fsp3) is 0.250. The normalized spacial score (nSPS) is 17.1. The number of thiazole rings is 1. The van der Waals surface area contributed by atoms with Crippen LogP contribution in [0.3, 0.4) is 0 Å². The Bertz CT molecular complexity index is 1070. The average molecular weight is 390 g/mol. The Morgan fingerprint density at radius 3 is 2.71 bits per heavy atom. The number of rotatable bonds is 3. The summed E-state index contributed by atoms with van der Waals surface area (Å²) < 4.78 is 2.74. The van der Waals surface area contributed by atoms with Crippen LogP contribution in [0.5, 0.6) is 0 Å². The summed E-state index contributed by atoms with van der Waals surface area (Å²) in [5.41, 5.74) is 2.50. The summed E-state index contributed by atoms with van der Waals surface area (Å²) in [6.07, 6.45) is 4.62. The number of carbonyl (C=O) groups is 1. The summed E-state index contributed by atoms with van der Waals surface area (Å²) in [7, 11) is 0. The standard InChI is InChI=1S/C20H18N6OS/c27-20(14-8-10-15(11-9-14)26-13-21-23-24-26)25-12-4-3-6-17(25)19-22-16-5-1-2-7-18(16)28-19/h1-2,5,7-11,13,17H,3-4,6,12H2/t17-/m1/s1. The van der Waals surface area contributed by atoms with Gasteiger partial charge in [-0.05, 0) is 66.1 Å². The van der Waals surface area contributed by atoms with Gasteiger partial charge in [-0.2, -0.15) is 0 Å². The molecule has 28 heavy (non-hydrogen) atoms. The second-order valence-corrected chi connectivity index (χ2v) is 7.89. The largest absolute Gasteiger partial charge is 0.329 e. The van der Waals surface area contributed by atoms with Crippen LogP contribution in [0.15, 0.2) is 54.9 Å². The molecule has 140 valence electrons. The summed E-state index contributed by atoms with van der Waals surface area (Å²) in [4.78, 5) is 20.0. The first kappa shape index (κ1) is 17.0. The number of amides is 1. The Morgan fingerprint density at radius 1 is 1.07 bits per heavy atom. The van der Waals surface area contributed by atoms with Crippen molar-refractivity contribution >= 4 is 27.5 Å². The maximum Gasteiger partial charge on any atom is 0.254 e. The minimum absolute atomic E-state index is 0.0397. The van der Waals surface area contributed by atoms with Crippen molar-refractivity contribution in [3.8, 4) is 5.69 Å². The van der Waals surface area contributed by atoms with Crippen molar-refractivity contribution in [2.75, 3.05) is 6.54 Å². The maximum atomic E-state index is 13.3. The Labute approximate surface area is 165 Å². The number of fused-ring (bicyclic) bond motifs is 1. The molecule has 1 amide bonds. The molecule has 2 aromatic heterocycles. The molecule has 0 aliphatic carbocycles. The summed E-state index contributed by atoms with van der Waals surface area (Å²) in [5.74, 6) is 0.0484. The molecule has 8 heteroatoms. The number of benzene rings is 2. The lowest BCUT2D eigenvalue weighted by Crippen LogP contribution is -2.38. The van der Waals surface area contributed by atoms with Crippen molar-refractivity contribution in [3.63, 3.8) is 0 Å². The van der Waals surface area contributed by atoms with Crippen molar-refractivity contribution in [1.29, 1.82) is 0 Å². The molecule has 0 spiro atoms. The van der Waals surface area contributed by atoms with Gasteiger partial charge < -0.3 is 4.90 Å². The van der Waals surface area contributed by atoms with Crippen LogP contribution in [-0.2, 0) is 0 Å². The topological polar surface area (TPSA) is 76.8 Å². The molecule has 5 rings (SSSR count). The summed E-state index contributed by atoms with van der Waals surface area (Å²) in [6.45, 7) is 0.758. The van der Waals surface area contributed by atoms with Gasteiger partial charge >= 0.3 is 0 Å². The Kier molecular flexibility index (Phi) is 4.32. The first-order valence-electron chi connectivity index (χ1n) is 9.29. The molecule has 0 bridgehead atoms. The first-order valence-corrected chi connectivity index (χ1v) is 10.1. The molecule has 3 heterocycles. The van der Waals surface area contributed by atoms with E-state index in [0.717, 1.165) is 42.0 Å². The minimum Gasteiger partial charge on any atom is -0.329 e. The number of aromatic nitrogens is 5. The second-order valence-electron chi connectivity index (χ2n) is 6.83. The van der Waals surface area contributed by atoms with Gasteiger partial charge in [0.25, 0.3) is 5.91 Å². The fourth-order valence-electron chi connectivity index (χ4n) is 3.67. The van der Waals surface area contributed by atoms with Crippen LogP contribution in [0, 0.1) is 0 Å². The summed E-state index contributed by atoms with van der Waals surface area (Å²) >= 11 is 1.69. The third kappa shape index (κ3) is 3.05. The van der Waals surface area contributed by atoms with Crippen LogP contribution >= 0.6 is 11.3 Å². The van der Waals surface area contributed by atoms with Crippen LogP contribution in [0.1, 0.15) is 40.7 Å². The molecule has 1 fully saturated rings. The number of piperidine rings is 1. The predicted octanol–water partition coefficient (Wildman–Crippen LogP) is 3.64. The molecule has 1 atom stereocenters. The quantitative estimate of drug-likeness (QED) is 0.534. The van der Waals surface area contributed by atoms with Crippen molar-refractivity contribution in [2.45, 2.75) is 25.3 Å². The van der Waals surface area contributed by atoms with E-state index in [1.807, 2.05) is 47.4 Å². The van der Waals surface area contributed by atoms with E-state index in [9.17, 15) is 4.79 Å². The molecule has 1 aliphatic heterocycles. The number of para-hydroxylation sites is 1. The molecule has 0 saturated carbocycles. The van der Waals surface area contributed by atoms with Crippen molar-refractivity contribution in [3.05, 3.63) is 65.4 Å². The smallest absolute Gasteiger partial charge is 0.254 e. The first-order chi connectivity index (χ1) is 13.8. The second kappa shape index (κ2) is 7.12. The van der Waals surface area contributed by atoms with Crippen LogP contribution in [0.4, 0.5) is 0 Å². The van der Waals surface area contributed by atoms with Gasteiger partial charge in [0.15, 0.2) is 0 Å². The van der Waals surface area contributed by atoms with Gasteiger partial charge in [0.2, 0.25) is 0 Å². The van der Waals surface area contributed by atoms with E-state index in [2.05, 4.69) is 21.6 Å². The van der Waals surface area contributed by atoms with Gasteiger partial charge in [0, 0.05) is 12.1 Å². The van der Waals surface area contributed by atoms with E-state index in [0.29, 0.717) is 5.56 Å². The van der Waals surface area contributed by atoms with E-state index in [4.69, 9.17) is 4.98 Å². The van der Waals surface area contributed by atoms with E-state index in [1.165, 1.54) is 11.0 Å². The van der Waals surface area contributed by atoms with Crippen LogP contribution in [-0.4, -0.2) is 42.5 Å². The highest BCUT2D eigenvalue weighted by molar-refractivity contribution is 7.18. The molecule has 7 nitrogen and oxygen atoms in total. The van der Waals surface area contributed by atoms with Crippen molar-refractivity contribution in [2.24, 2.45) is 0 Å². The zero-order valence-electron chi connectivity index (χ0n) is 15.1. The zero-order chi connectivity index (χ0) is 18.9. The van der Waals surface area contributed by atoms with Gasteiger partial charge in [-0.15, -0.1) is 16.4 Å². The third-order valence-electron chi connectivity index (χ3n) is 5.09. The van der Waals surface area contributed by atoms with Crippen LogP contribution < -0.4 is 0 Å². The number of hydrogen-bond donors (Lipinski definition) is 0. The SMILES string of the molecule is O=C(c1ccc(-n2cnnn2)cc1)N1CCCC[C@@H]1c1nc2ccccc2s1. The molecule has 1 aliphatic rings. The number of hydrogen-bond acceptors (Lipinski definition) is 6.